The molecule has 2 fully saturated rings. The highest BCUT2D eigenvalue weighted by atomic mass is 35.5. The summed E-state index contributed by atoms with van der Waals surface area (Å²) in [5, 5.41) is 3.34. The van der Waals surface area contributed by atoms with Crippen LogP contribution in [0.1, 0.15) is 36.7 Å². The average Bonchev–Trinajstić information content (AvgIpc) is 3.08. The number of furan rings is 1. The Hall–Kier alpha value is -1.53. The zero-order valence-electron chi connectivity index (χ0n) is 13.4. The molecule has 2 aliphatic heterocycles. The van der Waals surface area contributed by atoms with Crippen molar-refractivity contribution in [1.29, 1.82) is 0 Å². The number of hydrogen-bond acceptors (Lipinski definition) is 4. The minimum Gasteiger partial charge on any atom is -0.459 e. The number of amides is 2. The minimum atomic E-state index is -0.350. The number of halogens is 1. The number of piperazine rings is 1. The van der Waals surface area contributed by atoms with Gasteiger partial charge in [-0.2, -0.15) is 0 Å². The molecule has 3 rings (SSSR count). The maximum Gasteiger partial charge on any atom is 0.290 e. The van der Waals surface area contributed by atoms with E-state index in [1.54, 1.807) is 17.0 Å². The van der Waals surface area contributed by atoms with Gasteiger partial charge in [-0.1, -0.05) is 0 Å². The Bertz CT molecular complexity index is 535. The smallest absolute Gasteiger partial charge is 0.290 e. The Kier molecular flexibility index (Phi) is 6.07. The van der Waals surface area contributed by atoms with Gasteiger partial charge in [-0.15, -0.1) is 12.4 Å². The van der Waals surface area contributed by atoms with E-state index in [1.165, 1.54) is 6.26 Å². The van der Waals surface area contributed by atoms with E-state index >= 15 is 0 Å². The molecule has 6 nitrogen and oxygen atoms in total. The van der Waals surface area contributed by atoms with Crippen LogP contribution in [0.15, 0.2) is 22.8 Å². The Morgan fingerprint density at radius 2 is 2.13 bits per heavy atom. The van der Waals surface area contributed by atoms with Crippen LogP contribution in [-0.4, -0.2) is 59.9 Å². The van der Waals surface area contributed by atoms with Crippen LogP contribution in [0.3, 0.4) is 0 Å². The van der Waals surface area contributed by atoms with Gasteiger partial charge >= 0.3 is 0 Å². The lowest BCUT2D eigenvalue weighted by molar-refractivity contribution is -0.138. The third-order valence-electron chi connectivity index (χ3n) is 4.46. The number of hydrogen-bond donors (Lipinski definition) is 1. The number of nitrogens with zero attached hydrogens (tertiary/aromatic N) is 2. The number of piperidine rings is 1. The normalized spacial score (nSPS) is 24.9. The zero-order chi connectivity index (χ0) is 15.5. The summed E-state index contributed by atoms with van der Waals surface area (Å²) < 4.78 is 5.21. The summed E-state index contributed by atoms with van der Waals surface area (Å²) in [6.07, 6.45) is 4.16. The predicted molar refractivity (Wildman–Crippen MR) is 88.7 cm³/mol. The fourth-order valence-corrected chi connectivity index (χ4v) is 3.32. The van der Waals surface area contributed by atoms with Crippen LogP contribution in [0, 0.1) is 0 Å². The molecule has 2 saturated heterocycles. The van der Waals surface area contributed by atoms with Crippen molar-refractivity contribution in [1.82, 2.24) is 15.1 Å². The van der Waals surface area contributed by atoms with E-state index in [1.807, 2.05) is 4.90 Å². The number of likely N-dealkylation sites (tertiary alicyclic amines) is 1. The first kappa shape index (κ1) is 17.8. The summed E-state index contributed by atoms with van der Waals surface area (Å²) in [5.74, 6) is 0.215. The Morgan fingerprint density at radius 3 is 2.83 bits per heavy atom. The minimum absolute atomic E-state index is 0. The van der Waals surface area contributed by atoms with Gasteiger partial charge in [0.2, 0.25) is 5.91 Å². The van der Waals surface area contributed by atoms with Crippen molar-refractivity contribution in [3.63, 3.8) is 0 Å². The molecule has 0 saturated carbocycles. The number of carbonyl (C=O) groups excluding carboxylic acids is 2. The van der Waals surface area contributed by atoms with Crippen LogP contribution >= 0.6 is 12.4 Å². The van der Waals surface area contributed by atoms with Gasteiger partial charge in [-0.05, 0) is 38.3 Å². The van der Waals surface area contributed by atoms with Crippen LogP contribution < -0.4 is 5.32 Å². The first-order valence-corrected chi connectivity index (χ1v) is 8.03. The van der Waals surface area contributed by atoms with Crippen molar-refractivity contribution >= 4 is 24.2 Å². The van der Waals surface area contributed by atoms with Gasteiger partial charge in [0.05, 0.1) is 6.26 Å². The van der Waals surface area contributed by atoms with E-state index in [-0.39, 0.29) is 30.3 Å². The molecule has 2 amide bonds. The van der Waals surface area contributed by atoms with Crippen molar-refractivity contribution < 1.29 is 14.0 Å². The molecule has 0 radical (unpaired) electrons. The number of nitrogens with one attached hydrogen (secondary N) is 1. The van der Waals surface area contributed by atoms with E-state index in [0.717, 1.165) is 25.8 Å². The summed E-state index contributed by atoms with van der Waals surface area (Å²) in [5.41, 5.74) is 0. The highest BCUT2D eigenvalue weighted by Crippen LogP contribution is 2.22. The summed E-state index contributed by atoms with van der Waals surface area (Å²) >= 11 is 0. The first-order chi connectivity index (χ1) is 10.7. The van der Waals surface area contributed by atoms with Gasteiger partial charge in [0.15, 0.2) is 5.76 Å². The largest absolute Gasteiger partial charge is 0.459 e. The zero-order valence-corrected chi connectivity index (χ0v) is 14.2. The molecule has 3 heterocycles. The lowest BCUT2D eigenvalue weighted by Gasteiger charge is -2.39. The van der Waals surface area contributed by atoms with Crippen molar-refractivity contribution in [2.24, 2.45) is 0 Å². The third-order valence-corrected chi connectivity index (χ3v) is 4.46. The summed E-state index contributed by atoms with van der Waals surface area (Å²) in [4.78, 5) is 29.0. The summed E-state index contributed by atoms with van der Waals surface area (Å²) in [6.45, 7) is 4.93. The summed E-state index contributed by atoms with van der Waals surface area (Å²) in [6, 6.07) is 3.31. The molecule has 7 heteroatoms. The molecule has 1 aromatic heterocycles. The average molecular weight is 342 g/mol. The fraction of sp³-hybridized carbons (Fsp3) is 0.625. The van der Waals surface area contributed by atoms with E-state index in [4.69, 9.17) is 4.42 Å². The maximum atomic E-state index is 12.9. The standard InChI is InChI=1S/C16H23N3O3.ClH/c1-12-11-18(9-7-17-12)15(20)13-5-2-3-8-19(13)16(21)14-6-4-10-22-14;/h4,6,10,12-13,17H,2-3,5,7-9,11H2,1H3;1H. The van der Waals surface area contributed by atoms with Crippen molar-refractivity contribution in [3.05, 3.63) is 24.2 Å². The highest BCUT2D eigenvalue weighted by Gasteiger charge is 2.36. The highest BCUT2D eigenvalue weighted by molar-refractivity contribution is 5.95. The monoisotopic (exact) mass is 341 g/mol. The molecule has 23 heavy (non-hydrogen) atoms. The third kappa shape index (κ3) is 3.87. The van der Waals surface area contributed by atoms with Crippen molar-refractivity contribution in [2.75, 3.05) is 26.2 Å². The molecule has 0 aliphatic carbocycles. The SMILES string of the molecule is CC1CN(C(=O)C2CCCCN2C(=O)c2ccco2)CCN1.Cl. The van der Waals surface area contributed by atoms with Crippen molar-refractivity contribution in [3.8, 4) is 0 Å². The van der Waals surface area contributed by atoms with Gasteiger partial charge in [0.25, 0.3) is 5.91 Å². The topological polar surface area (TPSA) is 65.8 Å². The van der Waals surface area contributed by atoms with Gasteiger partial charge < -0.3 is 19.5 Å². The molecule has 128 valence electrons. The maximum absolute atomic E-state index is 12.9. The number of carbonyl (C=O) groups is 2. The lowest BCUT2D eigenvalue weighted by atomic mass is 9.99. The van der Waals surface area contributed by atoms with E-state index < -0.39 is 0 Å². The van der Waals surface area contributed by atoms with E-state index in [2.05, 4.69) is 12.2 Å². The van der Waals surface area contributed by atoms with Gasteiger partial charge in [-0.3, -0.25) is 9.59 Å². The molecular formula is C16H24ClN3O3. The first-order valence-electron chi connectivity index (χ1n) is 8.03. The van der Waals surface area contributed by atoms with Crippen LogP contribution in [0.5, 0.6) is 0 Å². The molecule has 0 aromatic carbocycles. The van der Waals surface area contributed by atoms with Crippen LogP contribution in [0.2, 0.25) is 0 Å². The Morgan fingerprint density at radius 1 is 1.30 bits per heavy atom. The lowest BCUT2D eigenvalue weighted by Crippen LogP contribution is -2.58. The fourth-order valence-electron chi connectivity index (χ4n) is 3.32. The van der Waals surface area contributed by atoms with Gasteiger partial charge in [-0.25, -0.2) is 0 Å². The second-order valence-corrected chi connectivity index (χ2v) is 6.13. The molecule has 0 bridgehead atoms. The molecule has 2 atom stereocenters. The summed E-state index contributed by atoms with van der Waals surface area (Å²) in [7, 11) is 0. The molecule has 0 spiro atoms. The molecule has 2 unspecified atom stereocenters. The molecule has 1 aromatic rings. The second-order valence-electron chi connectivity index (χ2n) is 6.13. The Balaban J connectivity index is 0.00000192. The van der Waals surface area contributed by atoms with E-state index in [9.17, 15) is 9.59 Å². The predicted octanol–water partition coefficient (Wildman–Crippen LogP) is 1.52. The second kappa shape index (κ2) is 7.84. The number of rotatable bonds is 2. The Labute approximate surface area is 142 Å². The van der Waals surface area contributed by atoms with Crippen molar-refractivity contribution in [2.45, 2.75) is 38.3 Å². The molecule has 1 N–H and O–H groups in total. The van der Waals surface area contributed by atoms with Gasteiger partial charge in [0, 0.05) is 32.2 Å². The quantitative estimate of drug-likeness (QED) is 0.885. The van der Waals surface area contributed by atoms with Crippen LogP contribution in [0.25, 0.3) is 0 Å². The molecule has 2 aliphatic rings. The van der Waals surface area contributed by atoms with Gasteiger partial charge in [0.1, 0.15) is 6.04 Å². The molecular weight excluding hydrogens is 318 g/mol. The van der Waals surface area contributed by atoms with E-state index in [0.29, 0.717) is 31.4 Å². The van der Waals surface area contributed by atoms with Crippen LogP contribution in [-0.2, 0) is 4.79 Å². The van der Waals surface area contributed by atoms with Crippen LogP contribution in [0.4, 0.5) is 0 Å².